The molecule has 2 fully saturated rings. The van der Waals surface area contributed by atoms with Gasteiger partial charge in [-0.1, -0.05) is 47.1 Å². The molecule has 2 heterocycles. The highest BCUT2D eigenvalue weighted by Crippen LogP contribution is 2.40. The minimum absolute atomic E-state index is 0.171. The Labute approximate surface area is 182 Å². The number of ether oxygens (including phenoxy) is 1. The van der Waals surface area contributed by atoms with Crippen molar-refractivity contribution < 1.29 is 14.3 Å². The molecule has 6 heteroatoms. The van der Waals surface area contributed by atoms with Gasteiger partial charge >= 0.3 is 5.97 Å². The predicted octanol–water partition coefficient (Wildman–Crippen LogP) is 5.25. The van der Waals surface area contributed by atoms with Gasteiger partial charge in [0.25, 0.3) is 0 Å². The summed E-state index contributed by atoms with van der Waals surface area (Å²) in [4.78, 5) is 27.5. The Morgan fingerprint density at radius 2 is 2.03 bits per heavy atom. The molecule has 0 amide bonds. The summed E-state index contributed by atoms with van der Waals surface area (Å²) in [5, 5.41) is 0.759. The zero-order chi connectivity index (χ0) is 20.7. The SMILES string of the molecule is CCC(=O)C1(c2cccc(OC(=O)CCCC[C@H]3CCSS3)c2)CCN(C)CC1. The maximum atomic E-state index is 12.9. The molecule has 0 saturated carbocycles. The zero-order valence-electron chi connectivity index (χ0n) is 17.7. The number of likely N-dealkylation sites (tertiary alicyclic amines) is 1. The van der Waals surface area contributed by atoms with Gasteiger partial charge in [-0.2, -0.15) is 0 Å². The first-order chi connectivity index (χ1) is 14.0. The predicted molar refractivity (Wildman–Crippen MR) is 123 cm³/mol. The molecule has 0 aliphatic carbocycles. The fourth-order valence-electron chi connectivity index (χ4n) is 4.31. The molecular formula is C23H33NO3S2. The number of carbonyl (C=O) groups excluding carboxylic acids is 2. The molecule has 2 aliphatic heterocycles. The van der Waals surface area contributed by atoms with Crippen LogP contribution in [0, 0.1) is 0 Å². The van der Waals surface area contributed by atoms with E-state index >= 15 is 0 Å². The number of rotatable bonds is 9. The molecule has 1 aromatic rings. The van der Waals surface area contributed by atoms with Gasteiger partial charge in [0.1, 0.15) is 11.5 Å². The molecule has 1 atom stereocenters. The van der Waals surface area contributed by atoms with Crippen LogP contribution in [0.4, 0.5) is 0 Å². The molecule has 3 rings (SSSR count). The van der Waals surface area contributed by atoms with Crippen molar-refractivity contribution in [1.82, 2.24) is 4.90 Å². The van der Waals surface area contributed by atoms with E-state index in [-0.39, 0.29) is 11.8 Å². The number of hydrogen-bond acceptors (Lipinski definition) is 6. The van der Waals surface area contributed by atoms with E-state index in [2.05, 4.69) is 11.9 Å². The summed E-state index contributed by atoms with van der Waals surface area (Å²) in [7, 11) is 6.06. The highest BCUT2D eigenvalue weighted by Gasteiger charge is 2.41. The Morgan fingerprint density at radius 1 is 1.24 bits per heavy atom. The second-order valence-corrected chi connectivity index (χ2v) is 11.0. The first-order valence-corrected chi connectivity index (χ1v) is 13.2. The smallest absolute Gasteiger partial charge is 0.311 e. The lowest BCUT2D eigenvalue weighted by Gasteiger charge is -2.40. The van der Waals surface area contributed by atoms with Crippen molar-refractivity contribution in [2.75, 3.05) is 25.9 Å². The van der Waals surface area contributed by atoms with E-state index in [9.17, 15) is 9.59 Å². The topological polar surface area (TPSA) is 46.6 Å². The minimum atomic E-state index is -0.444. The monoisotopic (exact) mass is 435 g/mol. The van der Waals surface area contributed by atoms with E-state index in [1.807, 2.05) is 52.8 Å². The number of hydrogen-bond donors (Lipinski definition) is 0. The van der Waals surface area contributed by atoms with Crippen LogP contribution in [0.25, 0.3) is 0 Å². The van der Waals surface area contributed by atoms with E-state index in [1.165, 1.54) is 18.6 Å². The molecule has 2 aliphatic rings. The first kappa shape index (κ1) is 22.7. The average Bonchev–Trinajstić information content (AvgIpc) is 3.25. The maximum Gasteiger partial charge on any atom is 0.311 e. The molecule has 0 spiro atoms. The van der Waals surface area contributed by atoms with Gasteiger partial charge in [-0.3, -0.25) is 9.59 Å². The largest absolute Gasteiger partial charge is 0.427 e. The van der Waals surface area contributed by atoms with Crippen LogP contribution >= 0.6 is 21.6 Å². The number of Topliss-reactive ketones (excluding diaryl/α,β-unsaturated/α-hetero) is 1. The number of unbranched alkanes of at least 4 members (excludes halogenated alkanes) is 1. The van der Waals surface area contributed by atoms with Crippen LogP contribution in [0.15, 0.2) is 24.3 Å². The van der Waals surface area contributed by atoms with Crippen LogP contribution in [-0.2, 0) is 15.0 Å². The van der Waals surface area contributed by atoms with Gasteiger partial charge in [0.15, 0.2) is 0 Å². The Bertz CT molecular complexity index is 695. The lowest BCUT2D eigenvalue weighted by Crippen LogP contribution is -2.46. The summed E-state index contributed by atoms with van der Waals surface area (Å²) in [6.45, 7) is 3.76. The summed E-state index contributed by atoms with van der Waals surface area (Å²) in [6, 6.07) is 7.68. The summed E-state index contributed by atoms with van der Waals surface area (Å²) in [5.74, 6) is 1.94. The summed E-state index contributed by atoms with van der Waals surface area (Å²) < 4.78 is 5.63. The quantitative estimate of drug-likeness (QED) is 0.228. The second kappa shape index (κ2) is 10.9. The highest BCUT2D eigenvalue weighted by atomic mass is 33.1. The third kappa shape index (κ3) is 6.02. The van der Waals surface area contributed by atoms with Gasteiger partial charge in [0, 0.05) is 23.8 Å². The normalized spacial score (nSPS) is 21.8. The van der Waals surface area contributed by atoms with E-state index in [4.69, 9.17) is 4.74 Å². The highest BCUT2D eigenvalue weighted by molar-refractivity contribution is 8.77. The standard InChI is InChI=1S/C23H33NO3S2/c1-3-21(25)23(12-14-24(2)15-13-23)18-7-6-8-19(17-18)27-22(26)10-5-4-9-20-11-16-28-29-20/h6-8,17,20H,3-5,9-16H2,1-2H3/t20-/m0/s1. The Hall–Kier alpha value is -0.980. The Morgan fingerprint density at radius 3 is 2.72 bits per heavy atom. The van der Waals surface area contributed by atoms with Crippen molar-refractivity contribution >= 4 is 33.3 Å². The van der Waals surface area contributed by atoms with Crippen LogP contribution in [0.3, 0.4) is 0 Å². The third-order valence-electron chi connectivity index (χ3n) is 6.20. The lowest BCUT2D eigenvalue weighted by molar-refractivity contribution is -0.134. The lowest BCUT2D eigenvalue weighted by atomic mass is 9.69. The first-order valence-electron chi connectivity index (χ1n) is 10.8. The minimum Gasteiger partial charge on any atom is -0.427 e. The van der Waals surface area contributed by atoms with Crippen LogP contribution < -0.4 is 4.74 Å². The van der Waals surface area contributed by atoms with Crippen LogP contribution in [0.1, 0.15) is 63.9 Å². The fraction of sp³-hybridized carbons (Fsp3) is 0.652. The van der Waals surface area contributed by atoms with Crippen molar-refractivity contribution in [3.05, 3.63) is 29.8 Å². The van der Waals surface area contributed by atoms with Crippen molar-refractivity contribution in [1.29, 1.82) is 0 Å². The number of benzene rings is 1. The van der Waals surface area contributed by atoms with E-state index in [0.29, 0.717) is 18.6 Å². The molecule has 0 N–H and O–H groups in total. The van der Waals surface area contributed by atoms with Gasteiger partial charge < -0.3 is 9.64 Å². The summed E-state index contributed by atoms with van der Waals surface area (Å²) >= 11 is 0. The Kier molecular flexibility index (Phi) is 8.51. The van der Waals surface area contributed by atoms with Gasteiger partial charge in [0.2, 0.25) is 0 Å². The summed E-state index contributed by atoms with van der Waals surface area (Å²) in [5.41, 5.74) is 0.555. The van der Waals surface area contributed by atoms with Crippen molar-refractivity contribution in [2.24, 2.45) is 0 Å². The Balaban J connectivity index is 1.57. The van der Waals surface area contributed by atoms with Gasteiger partial charge in [-0.25, -0.2) is 0 Å². The van der Waals surface area contributed by atoms with Crippen LogP contribution in [0.5, 0.6) is 5.75 Å². The number of nitrogens with zero attached hydrogens (tertiary/aromatic N) is 1. The number of piperidine rings is 1. The van der Waals surface area contributed by atoms with Crippen LogP contribution in [0.2, 0.25) is 0 Å². The molecule has 2 saturated heterocycles. The molecule has 0 unspecified atom stereocenters. The molecular weight excluding hydrogens is 402 g/mol. The molecule has 160 valence electrons. The second-order valence-electron chi connectivity index (χ2n) is 8.24. The molecule has 0 bridgehead atoms. The van der Waals surface area contributed by atoms with Gasteiger partial charge in [-0.05, 0) is 69.9 Å². The molecule has 4 nitrogen and oxygen atoms in total. The van der Waals surface area contributed by atoms with E-state index in [1.54, 1.807) is 0 Å². The molecule has 0 aromatic heterocycles. The van der Waals surface area contributed by atoms with Gasteiger partial charge in [0.05, 0.1) is 5.41 Å². The van der Waals surface area contributed by atoms with Crippen LogP contribution in [-0.4, -0.2) is 47.8 Å². The van der Waals surface area contributed by atoms with Crippen molar-refractivity contribution in [2.45, 2.75) is 69.0 Å². The number of carbonyl (C=O) groups is 2. The number of ketones is 1. The average molecular weight is 436 g/mol. The van der Waals surface area contributed by atoms with E-state index in [0.717, 1.165) is 49.6 Å². The third-order valence-corrected chi connectivity index (χ3v) is 9.20. The molecule has 1 aromatic carbocycles. The zero-order valence-corrected chi connectivity index (χ0v) is 19.3. The summed E-state index contributed by atoms with van der Waals surface area (Å²) in [6.07, 6.45) is 7.08. The van der Waals surface area contributed by atoms with Crippen molar-refractivity contribution in [3.8, 4) is 5.75 Å². The number of esters is 1. The van der Waals surface area contributed by atoms with Crippen molar-refractivity contribution in [3.63, 3.8) is 0 Å². The molecule has 29 heavy (non-hydrogen) atoms. The fourth-order valence-corrected chi connectivity index (χ4v) is 7.34. The van der Waals surface area contributed by atoms with Gasteiger partial charge in [-0.15, -0.1) is 0 Å². The molecule has 0 radical (unpaired) electrons. The maximum absolute atomic E-state index is 12.9. The van der Waals surface area contributed by atoms with E-state index < -0.39 is 5.41 Å².